The number of nitrogens with one attached hydrogen (secondary N) is 1. The summed E-state index contributed by atoms with van der Waals surface area (Å²) in [5, 5.41) is 3.98. The predicted octanol–water partition coefficient (Wildman–Crippen LogP) is 3.88. The normalized spacial score (nSPS) is 12.4. The molecule has 1 unspecified atom stereocenters. The van der Waals surface area contributed by atoms with Crippen molar-refractivity contribution in [1.29, 1.82) is 0 Å². The Morgan fingerprint density at radius 2 is 2.00 bits per heavy atom. The Kier molecular flexibility index (Phi) is 4.84. The summed E-state index contributed by atoms with van der Waals surface area (Å²) in [6.45, 7) is 1.16. The summed E-state index contributed by atoms with van der Waals surface area (Å²) in [5.74, 6) is 0.963. The number of halogens is 2. The van der Waals surface area contributed by atoms with E-state index < -0.39 is 6.61 Å². The minimum atomic E-state index is -2.80. The molecule has 0 fully saturated rings. The van der Waals surface area contributed by atoms with Crippen LogP contribution in [0.2, 0.25) is 0 Å². The van der Waals surface area contributed by atoms with Crippen LogP contribution in [0.1, 0.15) is 31.3 Å². The summed E-state index contributed by atoms with van der Waals surface area (Å²) in [4.78, 5) is 4.32. The molecule has 0 saturated carbocycles. The lowest BCUT2D eigenvalue weighted by atomic mass is 10.1. The molecule has 1 heterocycles. The van der Waals surface area contributed by atoms with Crippen molar-refractivity contribution in [3.8, 4) is 5.75 Å². The molecule has 1 aromatic carbocycles. The monoisotopic (exact) mass is 299 g/mol. The lowest BCUT2D eigenvalue weighted by molar-refractivity contribution is -0.0498. The third-order valence-corrected chi connectivity index (χ3v) is 3.41. The fourth-order valence-electron chi connectivity index (χ4n) is 1.66. The number of hydrogen-bond acceptors (Lipinski definition) is 5. The Bertz CT molecular complexity index is 545. The Morgan fingerprint density at radius 3 is 2.55 bits per heavy atom. The summed E-state index contributed by atoms with van der Waals surface area (Å²) < 4.78 is 32.6. The number of alkyl halides is 2. The SMILES string of the molecule is CCc1nsc(NC(C)c2ccc(OC(F)F)cc2)n1. The fourth-order valence-corrected chi connectivity index (χ4v) is 2.40. The molecule has 0 spiro atoms. The van der Waals surface area contributed by atoms with Gasteiger partial charge in [-0.3, -0.25) is 0 Å². The highest BCUT2D eigenvalue weighted by molar-refractivity contribution is 7.09. The van der Waals surface area contributed by atoms with Gasteiger partial charge < -0.3 is 10.1 Å². The Hall–Kier alpha value is -1.76. The van der Waals surface area contributed by atoms with Gasteiger partial charge in [-0.2, -0.15) is 13.2 Å². The number of ether oxygens (including phenoxy) is 1. The predicted molar refractivity (Wildman–Crippen MR) is 74.4 cm³/mol. The van der Waals surface area contributed by atoms with E-state index in [0.29, 0.717) is 0 Å². The standard InChI is InChI=1S/C13H15F2N3OS/c1-3-11-17-13(20-18-11)16-8(2)9-4-6-10(7-5-9)19-12(14)15/h4-8,12H,3H2,1-2H3,(H,16,17,18). The van der Waals surface area contributed by atoms with E-state index >= 15 is 0 Å². The number of hydrogen-bond donors (Lipinski definition) is 1. The summed E-state index contributed by atoms with van der Waals surface area (Å²) in [6, 6.07) is 6.55. The number of nitrogens with zero attached hydrogens (tertiary/aromatic N) is 2. The van der Waals surface area contributed by atoms with Crippen LogP contribution in [-0.2, 0) is 6.42 Å². The van der Waals surface area contributed by atoms with E-state index in [2.05, 4.69) is 19.4 Å². The van der Waals surface area contributed by atoms with Crippen molar-refractivity contribution in [1.82, 2.24) is 9.36 Å². The maximum atomic E-state index is 12.1. The quantitative estimate of drug-likeness (QED) is 0.879. The average Bonchev–Trinajstić information content (AvgIpc) is 2.86. The molecule has 108 valence electrons. The largest absolute Gasteiger partial charge is 0.435 e. The van der Waals surface area contributed by atoms with Gasteiger partial charge in [-0.05, 0) is 24.6 Å². The molecule has 0 saturated heterocycles. The van der Waals surface area contributed by atoms with Gasteiger partial charge in [-0.25, -0.2) is 4.98 Å². The van der Waals surface area contributed by atoms with Gasteiger partial charge in [0.15, 0.2) is 0 Å². The second-order valence-corrected chi connectivity index (χ2v) is 4.93. The van der Waals surface area contributed by atoms with Crippen LogP contribution < -0.4 is 10.1 Å². The van der Waals surface area contributed by atoms with Crippen molar-refractivity contribution in [2.75, 3.05) is 5.32 Å². The molecule has 0 bridgehead atoms. The van der Waals surface area contributed by atoms with E-state index in [1.165, 1.54) is 23.7 Å². The van der Waals surface area contributed by atoms with Gasteiger partial charge in [0.2, 0.25) is 5.13 Å². The summed E-state index contributed by atoms with van der Waals surface area (Å²) in [6.07, 6.45) is 0.798. The van der Waals surface area contributed by atoms with Gasteiger partial charge in [0.1, 0.15) is 11.6 Å². The molecule has 4 nitrogen and oxygen atoms in total. The van der Waals surface area contributed by atoms with Gasteiger partial charge in [-0.1, -0.05) is 19.1 Å². The molecule has 7 heteroatoms. The van der Waals surface area contributed by atoms with E-state index in [1.807, 2.05) is 13.8 Å². The zero-order valence-corrected chi connectivity index (χ0v) is 12.0. The topological polar surface area (TPSA) is 47.0 Å². The molecule has 0 radical (unpaired) electrons. The number of anilines is 1. The Labute approximate surface area is 120 Å². The van der Waals surface area contributed by atoms with Crippen molar-refractivity contribution in [3.63, 3.8) is 0 Å². The molecule has 1 atom stereocenters. The van der Waals surface area contributed by atoms with Crippen LogP contribution >= 0.6 is 11.5 Å². The van der Waals surface area contributed by atoms with E-state index in [0.717, 1.165) is 22.9 Å². The highest BCUT2D eigenvalue weighted by Gasteiger charge is 2.10. The maximum absolute atomic E-state index is 12.1. The van der Waals surface area contributed by atoms with Crippen molar-refractivity contribution < 1.29 is 13.5 Å². The first kappa shape index (κ1) is 14.6. The Morgan fingerprint density at radius 1 is 1.30 bits per heavy atom. The number of aromatic nitrogens is 2. The van der Waals surface area contributed by atoms with Crippen LogP contribution in [0.3, 0.4) is 0 Å². The molecule has 0 aliphatic rings. The molecular weight excluding hydrogens is 284 g/mol. The van der Waals surface area contributed by atoms with Crippen molar-refractivity contribution >= 4 is 16.7 Å². The first-order valence-corrected chi connectivity index (χ1v) is 6.99. The minimum Gasteiger partial charge on any atom is -0.435 e. The van der Waals surface area contributed by atoms with Crippen LogP contribution in [-0.4, -0.2) is 16.0 Å². The molecule has 0 amide bonds. The van der Waals surface area contributed by atoms with Crippen LogP contribution in [0.5, 0.6) is 5.75 Å². The van der Waals surface area contributed by atoms with Crippen molar-refractivity contribution in [2.24, 2.45) is 0 Å². The first-order valence-electron chi connectivity index (χ1n) is 6.22. The molecule has 0 aliphatic heterocycles. The molecule has 0 aliphatic carbocycles. The van der Waals surface area contributed by atoms with Crippen molar-refractivity contribution in [2.45, 2.75) is 32.9 Å². The molecule has 2 aromatic rings. The van der Waals surface area contributed by atoms with Crippen molar-refractivity contribution in [3.05, 3.63) is 35.7 Å². The third kappa shape index (κ3) is 3.86. The lowest BCUT2D eigenvalue weighted by Crippen LogP contribution is -2.07. The van der Waals surface area contributed by atoms with Crippen LogP contribution in [0, 0.1) is 0 Å². The Balaban J connectivity index is 1.99. The molecule has 1 aromatic heterocycles. The van der Waals surface area contributed by atoms with Gasteiger partial charge in [0.25, 0.3) is 0 Å². The van der Waals surface area contributed by atoms with Crippen LogP contribution in [0.25, 0.3) is 0 Å². The molecule has 1 N–H and O–H groups in total. The fraction of sp³-hybridized carbons (Fsp3) is 0.385. The van der Waals surface area contributed by atoms with Crippen LogP contribution in [0.15, 0.2) is 24.3 Å². The summed E-state index contributed by atoms with van der Waals surface area (Å²) >= 11 is 1.31. The number of aryl methyl sites for hydroxylation is 1. The highest BCUT2D eigenvalue weighted by Crippen LogP contribution is 2.23. The zero-order chi connectivity index (χ0) is 14.5. The number of rotatable bonds is 6. The van der Waals surface area contributed by atoms with E-state index in [1.54, 1.807) is 12.1 Å². The third-order valence-electron chi connectivity index (χ3n) is 2.73. The molecule has 2 rings (SSSR count). The van der Waals surface area contributed by atoms with E-state index in [9.17, 15) is 8.78 Å². The molecule has 20 heavy (non-hydrogen) atoms. The van der Waals surface area contributed by atoms with Crippen LogP contribution in [0.4, 0.5) is 13.9 Å². The summed E-state index contributed by atoms with van der Waals surface area (Å²) in [5.41, 5.74) is 0.958. The number of benzene rings is 1. The summed E-state index contributed by atoms with van der Waals surface area (Å²) in [7, 11) is 0. The van der Waals surface area contributed by atoms with E-state index in [4.69, 9.17) is 0 Å². The first-order chi connectivity index (χ1) is 9.58. The van der Waals surface area contributed by atoms with Gasteiger partial charge >= 0.3 is 6.61 Å². The molecular formula is C13H15F2N3OS. The van der Waals surface area contributed by atoms with Gasteiger partial charge in [0, 0.05) is 18.0 Å². The smallest absolute Gasteiger partial charge is 0.387 e. The zero-order valence-electron chi connectivity index (χ0n) is 11.1. The lowest BCUT2D eigenvalue weighted by Gasteiger charge is -2.13. The van der Waals surface area contributed by atoms with Gasteiger partial charge in [-0.15, -0.1) is 0 Å². The van der Waals surface area contributed by atoms with E-state index in [-0.39, 0.29) is 11.8 Å². The average molecular weight is 299 g/mol. The van der Waals surface area contributed by atoms with Gasteiger partial charge in [0.05, 0.1) is 6.04 Å². The minimum absolute atomic E-state index is 0.00764. The highest BCUT2D eigenvalue weighted by atomic mass is 32.1. The second kappa shape index (κ2) is 6.60. The maximum Gasteiger partial charge on any atom is 0.387 e. The second-order valence-electron chi connectivity index (χ2n) is 4.18.